The van der Waals surface area contributed by atoms with Crippen LogP contribution in [0.2, 0.25) is 0 Å². The lowest BCUT2D eigenvalue weighted by Crippen LogP contribution is -2.44. The van der Waals surface area contributed by atoms with Crippen LogP contribution in [0.15, 0.2) is 53.1 Å². The van der Waals surface area contributed by atoms with Crippen molar-refractivity contribution in [2.24, 2.45) is 0 Å². The number of carbonyl (C=O) groups is 1. The quantitative estimate of drug-likeness (QED) is 0.411. The van der Waals surface area contributed by atoms with Gasteiger partial charge in [-0.15, -0.1) is 0 Å². The van der Waals surface area contributed by atoms with Crippen LogP contribution in [0.1, 0.15) is 43.6 Å². The molecule has 2 saturated heterocycles. The lowest BCUT2D eigenvalue weighted by molar-refractivity contribution is 0.0975. The minimum Gasteiger partial charge on any atom is -0.464 e. The Morgan fingerprint density at radius 2 is 1.97 bits per heavy atom. The number of piperidine rings is 2. The average molecular weight is 516 g/mol. The van der Waals surface area contributed by atoms with Crippen LogP contribution < -0.4 is 10.1 Å². The molecule has 3 aromatic rings. The van der Waals surface area contributed by atoms with Gasteiger partial charge in [-0.1, -0.05) is 6.42 Å². The van der Waals surface area contributed by atoms with Gasteiger partial charge in [0.05, 0.1) is 6.26 Å². The molecule has 0 spiro atoms. The molecule has 2 unspecified atom stereocenters. The van der Waals surface area contributed by atoms with Crippen molar-refractivity contribution in [3.05, 3.63) is 57.9 Å². The topological polar surface area (TPSA) is 54.7 Å². The maximum atomic E-state index is 12.3. The third-order valence-electron chi connectivity index (χ3n) is 6.38. The van der Waals surface area contributed by atoms with E-state index in [0.29, 0.717) is 17.7 Å². The summed E-state index contributed by atoms with van der Waals surface area (Å²) in [4.78, 5) is 15.0. The molecule has 2 atom stereocenters. The molecule has 0 saturated carbocycles. The monoisotopic (exact) mass is 516 g/mol. The number of hydrogen-bond donors (Lipinski definition) is 1. The molecular weight excluding hydrogens is 491 g/mol. The van der Waals surface area contributed by atoms with Crippen molar-refractivity contribution in [3.63, 3.8) is 0 Å². The van der Waals surface area contributed by atoms with Gasteiger partial charge in [0, 0.05) is 26.2 Å². The molecular formula is C24H25IN2O3. The number of anilines is 1. The third kappa shape index (κ3) is 4.21. The number of halogens is 1. The predicted octanol–water partition coefficient (Wildman–Crippen LogP) is 6.38. The molecule has 1 aromatic heterocycles. The van der Waals surface area contributed by atoms with Crippen molar-refractivity contribution < 1.29 is 13.9 Å². The van der Waals surface area contributed by atoms with E-state index in [2.05, 4.69) is 32.8 Å². The van der Waals surface area contributed by atoms with Crippen LogP contribution in [-0.2, 0) is 0 Å². The zero-order chi connectivity index (χ0) is 20.5. The van der Waals surface area contributed by atoms with E-state index in [1.807, 2.05) is 36.6 Å². The molecule has 0 bridgehead atoms. The van der Waals surface area contributed by atoms with Gasteiger partial charge in [-0.25, -0.2) is 4.79 Å². The first-order valence-corrected chi connectivity index (χ1v) is 11.7. The average Bonchev–Trinajstić information content (AvgIpc) is 3.18. The molecule has 156 valence electrons. The van der Waals surface area contributed by atoms with Gasteiger partial charge in [-0.3, -0.25) is 5.32 Å². The van der Waals surface area contributed by atoms with E-state index in [0.717, 1.165) is 26.6 Å². The first kappa shape index (κ1) is 19.9. The highest BCUT2D eigenvalue weighted by Crippen LogP contribution is 2.39. The number of carbonyl (C=O) groups excluding carboxylic acids is 1. The van der Waals surface area contributed by atoms with Gasteiger partial charge >= 0.3 is 6.09 Å². The third-order valence-corrected chi connectivity index (χ3v) is 7.10. The largest absolute Gasteiger partial charge is 0.464 e. The molecule has 2 fully saturated rings. The van der Waals surface area contributed by atoms with E-state index in [1.165, 1.54) is 44.3 Å². The summed E-state index contributed by atoms with van der Waals surface area (Å²) < 4.78 is 12.3. The molecule has 5 rings (SSSR count). The fourth-order valence-electron chi connectivity index (χ4n) is 4.87. The molecule has 5 nitrogen and oxygen atoms in total. The van der Waals surface area contributed by atoms with Crippen LogP contribution in [0.4, 0.5) is 10.5 Å². The molecule has 1 amide bonds. The number of nitrogens with one attached hydrogen (secondary N) is 1. The summed E-state index contributed by atoms with van der Waals surface area (Å²) >= 11 is 2.22. The predicted molar refractivity (Wildman–Crippen MR) is 126 cm³/mol. The van der Waals surface area contributed by atoms with Crippen LogP contribution in [0.3, 0.4) is 0 Å². The molecule has 2 aliphatic heterocycles. The number of amides is 1. The molecule has 0 aliphatic carbocycles. The van der Waals surface area contributed by atoms with Crippen molar-refractivity contribution >= 4 is 45.3 Å². The Balaban J connectivity index is 1.31. The van der Waals surface area contributed by atoms with Crippen LogP contribution in [-0.4, -0.2) is 30.1 Å². The smallest absolute Gasteiger partial charge is 0.417 e. The minimum atomic E-state index is -0.490. The van der Waals surface area contributed by atoms with Crippen LogP contribution >= 0.6 is 22.6 Å². The van der Waals surface area contributed by atoms with Crippen molar-refractivity contribution in [1.82, 2.24) is 4.90 Å². The van der Waals surface area contributed by atoms with E-state index in [9.17, 15) is 4.79 Å². The second kappa shape index (κ2) is 8.59. The van der Waals surface area contributed by atoms with Crippen molar-refractivity contribution in [3.8, 4) is 5.75 Å². The van der Waals surface area contributed by atoms with Crippen LogP contribution in [0.5, 0.6) is 5.75 Å². The molecule has 0 radical (unpaired) electrons. The molecule has 6 heteroatoms. The maximum Gasteiger partial charge on any atom is 0.417 e. The lowest BCUT2D eigenvalue weighted by Gasteiger charge is -2.42. The molecule has 3 heterocycles. The van der Waals surface area contributed by atoms with Gasteiger partial charge in [0.2, 0.25) is 0 Å². The van der Waals surface area contributed by atoms with Gasteiger partial charge in [-0.05, 0) is 110 Å². The van der Waals surface area contributed by atoms with Gasteiger partial charge in [0.1, 0.15) is 11.3 Å². The summed E-state index contributed by atoms with van der Waals surface area (Å²) in [6, 6.07) is 13.9. The highest BCUT2D eigenvalue weighted by Gasteiger charge is 2.32. The Morgan fingerprint density at radius 1 is 1.10 bits per heavy atom. The Bertz CT molecular complexity index is 1050. The summed E-state index contributed by atoms with van der Waals surface area (Å²) in [6.07, 6.45) is 7.78. The number of benzene rings is 2. The van der Waals surface area contributed by atoms with E-state index in [4.69, 9.17) is 9.15 Å². The molecule has 2 aliphatic rings. The Hall–Kier alpha value is -2.06. The van der Waals surface area contributed by atoms with E-state index < -0.39 is 6.09 Å². The number of hydrogen-bond acceptors (Lipinski definition) is 4. The molecule has 1 N–H and O–H groups in total. The normalized spacial score (nSPS) is 21.9. The summed E-state index contributed by atoms with van der Waals surface area (Å²) in [5.74, 6) is 1.04. The highest BCUT2D eigenvalue weighted by molar-refractivity contribution is 14.1. The van der Waals surface area contributed by atoms with Gasteiger partial charge in [0.15, 0.2) is 0 Å². The van der Waals surface area contributed by atoms with Gasteiger partial charge in [-0.2, -0.15) is 0 Å². The van der Waals surface area contributed by atoms with Crippen LogP contribution in [0.25, 0.3) is 11.0 Å². The maximum absolute atomic E-state index is 12.3. The fourth-order valence-corrected chi connectivity index (χ4v) is 5.23. The van der Waals surface area contributed by atoms with Gasteiger partial charge < -0.3 is 14.1 Å². The Morgan fingerprint density at radius 3 is 2.83 bits per heavy atom. The van der Waals surface area contributed by atoms with E-state index in [-0.39, 0.29) is 0 Å². The van der Waals surface area contributed by atoms with Gasteiger partial charge in [0.25, 0.3) is 0 Å². The standard InChI is InChI=1S/C24H25IN2O3/c25-17-4-7-20(8-5-17)30-24(28)26-18-6-9-23-21(14-18)22(15-29-23)16-10-12-27-11-2-1-3-19(27)13-16/h4-9,14-16,19H,1-3,10-13H2,(H,26,28). The van der Waals surface area contributed by atoms with E-state index >= 15 is 0 Å². The number of fused-ring (bicyclic) bond motifs is 2. The Labute approximate surface area is 189 Å². The summed E-state index contributed by atoms with van der Waals surface area (Å²) in [5, 5.41) is 3.94. The Kier molecular flexibility index (Phi) is 5.69. The fraction of sp³-hybridized carbons (Fsp3) is 0.375. The lowest BCUT2D eigenvalue weighted by atomic mass is 9.82. The molecule has 30 heavy (non-hydrogen) atoms. The first-order valence-electron chi connectivity index (χ1n) is 10.7. The number of ether oxygens (including phenoxy) is 1. The number of rotatable bonds is 3. The zero-order valence-corrected chi connectivity index (χ0v) is 18.9. The summed E-state index contributed by atoms with van der Waals surface area (Å²) in [6.45, 7) is 2.42. The van der Waals surface area contributed by atoms with Crippen LogP contribution in [0, 0.1) is 3.57 Å². The van der Waals surface area contributed by atoms with Crippen molar-refractivity contribution in [2.75, 3.05) is 18.4 Å². The molecule has 2 aromatic carbocycles. The zero-order valence-electron chi connectivity index (χ0n) is 16.8. The minimum absolute atomic E-state index is 0.490. The van der Waals surface area contributed by atoms with Crippen molar-refractivity contribution in [2.45, 2.75) is 44.1 Å². The van der Waals surface area contributed by atoms with Crippen molar-refractivity contribution in [1.29, 1.82) is 0 Å². The second-order valence-corrected chi connectivity index (χ2v) is 9.52. The SMILES string of the molecule is O=C(Nc1ccc2occ(C3CCN4CCCCC4C3)c2c1)Oc1ccc(I)cc1. The summed E-state index contributed by atoms with van der Waals surface area (Å²) in [7, 11) is 0. The number of furan rings is 1. The van der Waals surface area contributed by atoms with E-state index in [1.54, 1.807) is 12.1 Å². The highest BCUT2D eigenvalue weighted by atomic mass is 127. The summed E-state index contributed by atoms with van der Waals surface area (Å²) in [5.41, 5.74) is 2.85. The number of nitrogens with zero attached hydrogens (tertiary/aromatic N) is 1. The first-order chi connectivity index (χ1) is 14.7. The second-order valence-electron chi connectivity index (χ2n) is 8.28.